The number of pyridine rings is 1. The van der Waals surface area contributed by atoms with Crippen molar-refractivity contribution in [1.82, 2.24) is 4.98 Å². The predicted octanol–water partition coefficient (Wildman–Crippen LogP) is 1.10. The number of ether oxygens (including phenoxy) is 1. The molecule has 1 aromatic rings. The lowest BCUT2D eigenvalue weighted by atomic mass is 10.4. The number of rotatable bonds is 1. The second-order valence-corrected chi connectivity index (χ2v) is 1.93. The fourth-order valence-electron chi connectivity index (χ4n) is 0.632. The van der Waals surface area contributed by atoms with E-state index in [0.29, 0.717) is 5.88 Å². The summed E-state index contributed by atoms with van der Waals surface area (Å²) in [7, 11) is 1.61. The van der Waals surface area contributed by atoms with Crippen LogP contribution in [0.3, 0.4) is 0 Å². The summed E-state index contributed by atoms with van der Waals surface area (Å²) in [5.74, 6) is 0.676. The highest BCUT2D eigenvalue weighted by atomic mass is 16.5. The predicted molar refractivity (Wildman–Crippen MR) is 44.2 cm³/mol. The van der Waals surface area contributed by atoms with Crippen molar-refractivity contribution >= 4 is 6.47 Å². The van der Waals surface area contributed by atoms with Crippen molar-refractivity contribution in [2.45, 2.75) is 6.92 Å². The molecule has 0 fully saturated rings. The number of nitrogens with zero attached hydrogens (tertiary/aromatic N) is 1. The first-order chi connectivity index (χ1) is 5.74. The van der Waals surface area contributed by atoms with Gasteiger partial charge in [-0.15, -0.1) is 0 Å². The van der Waals surface area contributed by atoms with Gasteiger partial charge in [0.15, 0.2) is 0 Å². The van der Waals surface area contributed by atoms with Crippen LogP contribution >= 0.6 is 0 Å². The Labute approximate surface area is 70.8 Å². The molecule has 0 unspecified atom stereocenters. The Balaban J connectivity index is 0.000000354. The molecular formula is C8H11NO3. The number of methoxy groups -OCH3 is 1. The molecule has 0 aromatic carbocycles. The second-order valence-electron chi connectivity index (χ2n) is 1.93. The smallest absolute Gasteiger partial charge is 0.290 e. The van der Waals surface area contributed by atoms with Crippen LogP contribution in [0.5, 0.6) is 5.88 Å². The highest BCUT2D eigenvalue weighted by Gasteiger charge is 1.88. The first-order valence-corrected chi connectivity index (χ1v) is 3.30. The molecule has 0 aliphatic heterocycles. The Hall–Kier alpha value is -1.58. The van der Waals surface area contributed by atoms with E-state index < -0.39 is 0 Å². The third-order valence-corrected chi connectivity index (χ3v) is 1.07. The zero-order chi connectivity index (χ0) is 9.40. The van der Waals surface area contributed by atoms with Crippen molar-refractivity contribution in [2.24, 2.45) is 0 Å². The van der Waals surface area contributed by atoms with Crippen LogP contribution in [0.1, 0.15) is 5.69 Å². The average Bonchev–Trinajstić information content (AvgIpc) is 2.06. The van der Waals surface area contributed by atoms with Gasteiger partial charge in [-0.1, -0.05) is 6.07 Å². The molecule has 66 valence electrons. The number of aromatic nitrogens is 1. The molecule has 0 spiro atoms. The number of aryl methyl sites for hydroxylation is 1. The Morgan fingerprint density at radius 3 is 2.50 bits per heavy atom. The van der Waals surface area contributed by atoms with Crippen molar-refractivity contribution in [1.29, 1.82) is 0 Å². The second kappa shape index (κ2) is 6.15. The number of hydrogen-bond donors (Lipinski definition) is 1. The minimum atomic E-state index is -0.250. The van der Waals surface area contributed by atoms with E-state index in [0.717, 1.165) is 5.69 Å². The summed E-state index contributed by atoms with van der Waals surface area (Å²) in [5.41, 5.74) is 0.981. The third-order valence-electron chi connectivity index (χ3n) is 1.07. The van der Waals surface area contributed by atoms with Crippen LogP contribution in [0.2, 0.25) is 0 Å². The topological polar surface area (TPSA) is 59.4 Å². The highest BCUT2D eigenvalue weighted by Crippen LogP contribution is 2.04. The van der Waals surface area contributed by atoms with E-state index in [1.807, 2.05) is 25.1 Å². The number of carboxylic acid groups (broad SMARTS) is 1. The van der Waals surface area contributed by atoms with Crippen LogP contribution in [0.25, 0.3) is 0 Å². The van der Waals surface area contributed by atoms with Crippen LogP contribution in [0.15, 0.2) is 18.2 Å². The quantitative estimate of drug-likeness (QED) is 0.639. The van der Waals surface area contributed by atoms with Crippen molar-refractivity contribution in [3.05, 3.63) is 23.9 Å². The summed E-state index contributed by atoms with van der Waals surface area (Å²) in [5, 5.41) is 6.89. The van der Waals surface area contributed by atoms with E-state index in [4.69, 9.17) is 14.6 Å². The lowest BCUT2D eigenvalue weighted by molar-refractivity contribution is -0.122. The van der Waals surface area contributed by atoms with Gasteiger partial charge in [-0.25, -0.2) is 4.98 Å². The molecule has 1 heterocycles. The molecule has 0 saturated heterocycles. The van der Waals surface area contributed by atoms with Gasteiger partial charge in [0.05, 0.1) is 7.11 Å². The molecule has 4 nitrogen and oxygen atoms in total. The van der Waals surface area contributed by atoms with Crippen molar-refractivity contribution in [3.63, 3.8) is 0 Å². The largest absolute Gasteiger partial charge is 0.483 e. The van der Waals surface area contributed by atoms with E-state index in [1.165, 1.54) is 0 Å². The van der Waals surface area contributed by atoms with Gasteiger partial charge in [-0.2, -0.15) is 0 Å². The van der Waals surface area contributed by atoms with Crippen LogP contribution in [-0.2, 0) is 4.79 Å². The molecule has 0 atom stereocenters. The molecule has 0 amide bonds. The Morgan fingerprint density at radius 1 is 1.58 bits per heavy atom. The highest BCUT2D eigenvalue weighted by molar-refractivity contribution is 5.32. The maximum absolute atomic E-state index is 8.36. The van der Waals surface area contributed by atoms with Crippen molar-refractivity contribution in [2.75, 3.05) is 7.11 Å². The van der Waals surface area contributed by atoms with Gasteiger partial charge >= 0.3 is 0 Å². The SMILES string of the molecule is COc1cccc(C)n1.O=CO. The van der Waals surface area contributed by atoms with Crippen molar-refractivity contribution < 1.29 is 14.6 Å². The Kier molecular flexibility index (Phi) is 5.34. The first-order valence-electron chi connectivity index (χ1n) is 3.30. The molecule has 0 aliphatic rings. The minimum Gasteiger partial charge on any atom is -0.483 e. The lowest BCUT2D eigenvalue weighted by Crippen LogP contribution is -1.87. The minimum absolute atomic E-state index is 0.250. The molecule has 0 saturated carbocycles. The van der Waals surface area contributed by atoms with E-state index in [1.54, 1.807) is 7.11 Å². The van der Waals surface area contributed by atoms with Crippen LogP contribution in [-0.4, -0.2) is 23.7 Å². The van der Waals surface area contributed by atoms with E-state index in [-0.39, 0.29) is 6.47 Å². The number of carbonyl (C=O) groups is 1. The molecule has 1 N–H and O–H groups in total. The van der Waals surface area contributed by atoms with Crippen molar-refractivity contribution in [3.8, 4) is 5.88 Å². The maximum Gasteiger partial charge on any atom is 0.290 e. The summed E-state index contributed by atoms with van der Waals surface area (Å²) >= 11 is 0. The standard InChI is InChI=1S/C7H9NO.CH2O2/c1-6-4-3-5-7(8-6)9-2;2-1-3/h3-5H,1-2H3;1H,(H,2,3). The molecule has 0 bridgehead atoms. The molecule has 0 aliphatic carbocycles. The summed E-state index contributed by atoms with van der Waals surface area (Å²) in [6.07, 6.45) is 0. The average molecular weight is 169 g/mol. The zero-order valence-electron chi connectivity index (χ0n) is 7.02. The van der Waals surface area contributed by atoms with Gasteiger partial charge in [0, 0.05) is 11.8 Å². The van der Waals surface area contributed by atoms with Crippen LogP contribution in [0, 0.1) is 6.92 Å². The van der Waals surface area contributed by atoms with Gasteiger partial charge in [-0.05, 0) is 13.0 Å². The molecular weight excluding hydrogens is 158 g/mol. The van der Waals surface area contributed by atoms with Crippen LogP contribution < -0.4 is 4.74 Å². The van der Waals surface area contributed by atoms with Gasteiger partial charge in [0.1, 0.15) is 0 Å². The summed E-state index contributed by atoms with van der Waals surface area (Å²) in [4.78, 5) is 12.4. The summed E-state index contributed by atoms with van der Waals surface area (Å²) in [6.45, 7) is 1.68. The Morgan fingerprint density at radius 2 is 2.17 bits per heavy atom. The van der Waals surface area contributed by atoms with Crippen LogP contribution in [0.4, 0.5) is 0 Å². The normalized spacial score (nSPS) is 7.83. The molecule has 1 aromatic heterocycles. The summed E-state index contributed by atoms with van der Waals surface area (Å²) in [6, 6.07) is 5.68. The molecule has 4 heteroatoms. The van der Waals surface area contributed by atoms with E-state index in [9.17, 15) is 0 Å². The summed E-state index contributed by atoms with van der Waals surface area (Å²) < 4.78 is 4.88. The fraction of sp³-hybridized carbons (Fsp3) is 0.250. The zero-order valence-corrected chi connectivity index (χ0v) is 7.02. The number of hydrogen-bond acceptors (Lipinski definition) is 3. The molecule has 1 rings (SSSR count). The van der Waals surface area contributed by atoms with Gasteiger partial charge in [0.2, 0.25) is 5.88 Å². The van der Waals surface area contributed by atoms with Gasteiger partial charge in [-0.3, -0.25) is 4.79 Å². The lowest BCUT2D eigenvalue weighted by Gasteiger charge is -1.96. The molecule has 12 heavy (non-hydrogen) atoms. The van der Waals surface area contributed by atoms with Gasteiger partial charge < -0.3 is 9.84 Å². The third kappa shape index (κ3) is 4.27. The van der Waals surface area contributed by atoms with E-state index in [2.05, 4.69) is 4.98 Å². The monoisotopic (exact) mass is 169 g/mol. The maximum atomic E-state index is 8.36. The fourth-order valence-corrected chi connectivity index (χ4v) is 0.632. The van der Waals surface area contributed by atoms with E-state index >= 15 is 0 Å². The Bertz CT molecular complexity index is 237. The van der Waals surface area contributed by atoms with Gasteiger partial charge in [0.25, 0.3) is 6.47 Å². The molecule has 0 radical (unpaired) electrons. The first kappa shape index (κ1) is 10.4.